The average molecular weight is 296 g/mol. The van der Waals surface area contributed by atoms with Gasteiger partial charge < -0.3 is 5.11 Å². The van der Waals surface area contributed by atoms with Crippen molar-refractivity contribution in [1.29, 1.82) is 0 Å². The smallest absolute Gasteiger partial charge is 0.337 e. The van der Waals surface area contributed by atoms with Crippen molar-refractivity contribution in [3.63, 3.8) is 0 Å². The summed E-state index contributed by atoms with van der Waals surface area (Å²) >= 11 is 0. The first-order valence-corrected chi connectivity index (χ1v) is 7.69. The fraction of sp³-hybridized carbons (Fsp3) is 0.333. The van der Waals surface area contributed by atoms with Crippen molar-refractivity contribution in [3.05, 3.63) is 53.7 Å². The van der Waals surface area contributed by atoms with E-state index in [1.807, 2.05) is 12.1 Å². The van der Waals surface area contributed by atoms with E-state index in [0.717, 1.165) is 18.7 Å². The molecule has 0 spiro atoms. The molecular weight excluding hydrogens is 276 g/mol. The molecule has 1 fully saturated rings. The highest BCUT2D eigenvalue weighted by atomic mass is 16.4. The highest BCUT2D eigenvalue weighted by Crippen LogP contribution is 2.28. The quantitative estimate of drug-likeness (QED) is 0.936. The molecule has 0 saturated carbocycles. The zero-order chi connectivity index (χ0) is 15.5. The normalized spacial score (nSPS) is 16.6. The van der Waals surface area contributed by atoms with Gasteiger partial charge in [0.2, 0.25) is 0 Å². The molecule has 4 heteroatoms. The number of carbonyl (C=O) groups is 1. The van der Waals surface area contributed by atoms with Gasteiger partial charge in [0.15, 0.2) is 0 Å². The Morgan fingerprint density at radius 1 is 1.23 bits per heavy atom. The Bertz CT molecular complexity index is 678. The van der Waals surface area contributed by atoms with E-state index in [4.69, 9.17) is 0 Å². The third-order valence-electron chi connectivity index (χ3n) is 4.37. The van der Waals surface area contributed by atoms with Crippen LogP contribution in [0, 0.1) is 0 Å². The summed E-state index contributed by atoms with van der Waals surface area (Å²) in [6.07, 6.45) is 4.15. The van der Waals surface area contributed by atoms with Crippen LogP contribution in [-0.4, -0.2) is 34.0 Å². The van der Waals surface area contributed by atoms with E-state index < -0.39 is 5.97 Å². The van der Waals surface area contributed by atoms with E-state index in [1.165, 1.54) is 18.4 Å². The molecule has 3 rings (SSSR count). The number of aromatic carboxylic acids is 1. The topological polar surface area (TPSA) is 53.4 Å². The van der Waals surface area contributed by atoms with Crippen LogP contribution in [0.25, 0.3) is 11.3 Å². The standard InChI is InChI=1S/C18H20N2O2/c1-13(20-10-2-3-11-20)14-6-4-7-15(12-14)17-16(18(21)22)8-5-9-19-17/h4-9,12-13H,2-3,10-11H2,1H3,(H,21,22)/t13-/m0/s1. The lowest BCUT2D eigenvalue weighted by molar-refractivity contribution is 0.0697. The molecular formula is C18H20N2O2. The van der Waals surface area contributed by atoms with Crippen molar-refractivity contribution >= 4 is 5.97 Å². The minimum atomic E-state index is -0.943. The monoisotopic (exact) mass is 296 g/mol. The molecule has 4 nitrogen and oxygen atoms in total. The number of benzene rings is 1. The number of rotatable bonds is 4. The van der Waals surface area contributed by atoms with Gasteiger partial charge in [0, 0.05) is 17.8 Å². The van der Waals surface area contributed by atoms with Crippen LogP contribution in [0.2, 0.25) is 0 Å². The predicted octanol–water partition coefficient (Wildman–Crippen LogP) is 3.60. The van der Waals surface area contributed by atoms with Crippen molar-refractivity contribution in [2.24, 2.45) is 0 Å². The molecule has 1 atom stereocenters. The Labute approximate surface area is 130 Å². The number of pyridine rings is 1. The molecule has 0 aliphatic carbocycles. The SMILES string of the molecule is C[C@@H](c1cccc(-c2ncccc2C(=O)O)c1)N1CCCC1. The number of carboxylic acid groups (broad SMARTS) is 1. The van der Waals surface area contributed by atoms with Gasteiger partial charge in [0.1, 0.15) is 0 Å². The van der Waals surface area contributed by atoms with Gasteiger partial charge in [0.25, 0.3) is 0 Å². The van der Waals surface area contributed by atoms with Crippen LogP contribution in [0.1, 0.15) is 41.7 Å². The van der Waals surface area contributed by atoms with Crippen LogP contribution in [0.15, 0.2) is 42.6 Å². The second-order valence-electron chi connectivity index (χ2n) is 5.75. The molecule has 1 aromatic carbocycles. The Hall–Kier alpha value is -2.20. The number of aromatic nitrogens is 1. The zero-order valence-electron chi connectivity index (χ0n) is 12.7. The summed E-state index contributed by atoms with van der Waals surface area (Å²) in [7, 11) is 0. The summed E-state index contributed by atoms with van der Waals surface area (Å²) in [5.74, 6) is -0.943. The summed E-state index contributed by atoms with van der Waals surface area (Å²) in [4.78, 5) is 18.1. The number of hydrogen-bond donors (Lipinski definition) is 1. The van der Waals surface area contributed by atoms with Crippen molar-refractivity contribution in [3.8, 4) is 11.3 Å². The van der Waals surface area contributed by atoms with Gasteiger partial charge in [-0.2, -0.15) is 0 Å². The molecule has 114 valence electrons. The molecule has 1 N–H and O–H groups in total. The fourth-order valence-corrected chi connectivity index (χ4v) is 3.09. The van der Waals surface area contributed by atoms with Crippen molar-refractivity contribution < 1.29 is 9.90 Å². The van der Waals surface area contributed by atoms with E-state index in [9.17, 15) is 9.90 Å². The fourth-order valence-electron chi connectivity index (χ4n) is 3.09. The molecule has 1 aromatic heterocycles. The number of carboxylic acids is 1. The molecule has 0 bridgehead atoms. The summed E-state index contributed by atoms with van der Waals surface area (Å²) < 4.78 is 0. The van der Waals surface area contributed by atoms with Gasteiger partial charge in [-0.05, 0) is 56.6 Å². The first-order valence-electron chi connectivity index (χ1n) is 7.69. The highest BCUT2D eigenvalue weighted by Gasteiger charge is 2.20. The van der Waals surface area contributed by atoms with Crippen molar-refractivity contribution in [2.75, 3.05) is 13.1 Å². The molecule has 2 heterocycles. The van der Waals surface area contributed by atoms with Gasteiger partial charge in [-0.25, -0.2) is 4.79 Å². The third kappa shape index (κ3) is 2.88. The summed E-state index contributed by atoms with van der Waals surface area (Å²) in [5, 5.41) is 9.33. The van der Waals surface area contributed by atoms with Crippen LogP contribution >= 0.6 is 0 Å². The maximum absolute atomic E-state index is 11.4. The Kier molecular flexibility index (Phi) is 4.20. The Balaban J connectivity index is 1.96. The molecule has 1 saturated heterocycles. The second-order valence-corrected chi connectivity index (χ2v) is 5.75. The molecule has 0 radical (unpaired) electrons. The first-order chi connectivity index (χ1) is 10.7. The van der Waals surface area contributed by atoms with Gasteiger partial charge in [-0.1, -0.05) is 18.2 Å². The van der Waals surface area contributed by atoms with Crippen molar-refractivity contribution in [2.45, 2.75) is 25.8 Å². The van der Waals surface area contributed by atoms with Crippen LogP contribution in [0.4, 0.5) is 0 Å². The maximum Gasteiger partial charge on any atom is 0.337 e. The lowest BCUT2D eigenvalue weighted by atomic mass is 10.00. The molecule has 2 aromatic rings. The Morgan fingerprint density at radius 2 is 2.00 bits per heavy atom. The van der Waals surface area contributed by atoms with Gasteiger partial charge in [0.05, 0.1) is 11.3 Å². The van der Waals surface area contributed by atoms with E-state index in [-0.39, 0.29) is 5.56 Å². The third-order valence-corrected chi connectivity index (χ3v) is 4.37. The summed E-state index contributed by atoms with van der Waals surface area (Å²) in [6.45, 7) is 4.48. The average Bonchev–Trinajstić information content (AvgIpc) is 3.08. The minimum Gasteiger partial charge on any atom is -0.478 e. The maximum atomic E-state index is 11.4. The number of hydrogen-bond acceptors (Lipinski definition) is 3. The summed E-state index contributed by atoms with van der Waals surface area (Å²) in [6, 6.07) is 11.7. The zero-order valence-corrected chi connectivity index (χ0v) is 12.7. The van der Waals surface area contributed by atoms with E-state index in [1.54, 1.807) is 18.3 Å². The van der Waals surface area contributed by atoms with Crippen LogP contribution in [0.5, 0.6) is 0 Å². The van der Waals surface area contributed by atoms with Crippen molar-refractivity contribution in [1.82, 2.24) is 9.88 Å². The van der Waals surface area contributed by atoms with Gasteiger partial charge in [-0.3, -0.25) is 9.88 Å². The van der Waals surface area contributed by atoms with E-state index >= 15 is 0 Å². The number of likely N-dealkylation sites (tertiary alicyclic amines) is 1. The lowest BCUT2D eigenvalue weighted by Crippen LogP contribution is -2.23. The van der Waals surface area contributed by atoms with Crippen LogP contribution in [-0.2, 0) is 0 Å². The molecule has 0 unspecified atom stereocenters. The first kappa shape index (κ1) is 14.7. The van der Waals surface area contributed by atoms with Crippen LogP contribution in [0.3, 0.4) is 0 Å². The predicted molar refractivity (Wildman–Crippen MR) is 85.9 cm³/mol. The molecule has 1 aliphatic heterocycles. The minimum absolute atomic E-state index is 0.244. The van der Waals surface area contributed by atoms with E-state index in [2.05, 4.69) is 28.9 Å². The second kappa shape index (κ2) is 6.28. The van der Waals surface area contributed by atoms with Crippen LogP contribution < -0.4 is 0 Å². The van der Waals surface area contributed by atoms with E-state index in [0.29, 0.717) is 11.7 Å². The largest absolute Gasteiger partial charge is 0.478 e. The highest BCUT2D eigenvalue weighted by molar-refractivity contribution is 5.94. The molecule has 0 amide bonds. The molecule has 22 heavy (non-hydrogen) atoms. The summed E-state index contributed by atoms with van der Waals surface area (Å²) in [5.41, 5.74) is 2.85. The number of nitrogens with zero attached hydrogens (tertiary/aromatic N) is 2. The molecule has 1 aliphatic rings. The van der Waals surface area contributed by atoms with Gasteiger partial charge in [-0.15, -0.1) is 0 Å². The van der Waals surface area contributed by atoms with Gasteiger partial charge >= 0.3 is 5.97 Å². The Morgan fingerprint density at radius 3 is 2.73 bits per heavy atom. The lowest BCUT2D eigenvalue weighted by Gasteiger charge is -2.24.